The highest BCUT2D eigenvalue weighted by Gasteiger charge is 2.12. The number of hydrogen-bond donors (Lipinski definition) is 1. The molecule has 0 saturated carbocycles. The van der Waals surface area contributed by atoms with Gasteiger partial charge in [0.15, 0.2) is 0 Å². The third-order valence-electron chi connectivity index (χ3n) is 3.59. The summed E-state index contributed by atoms with van der Waals surface area (Å²) in [5, 5.41) is 2.86. The van der Waals surface area contributed by atoms with Gasteiger partial charge in [0.25, 0.3) is 5.91 Å². The van der Waals surface area contributed by atoms with Gasteiger partial charge in [-0.2, -0.15) is 0 Å². The van der Waals surface area contributed by atoms with Crippen molar-refractivity contribution in [3.8, 4) is 0 Å². The molecular formula is C19H22N2O2. The summed E-state index contributed by atoms with van der Waals surface area (Å²) < 4.78 is 0. The average molecular weight is 310 g/mol. The average Bonchev–Trinajstić information content (AvgIpc) is 2.51. The summed E-state index contributed by atoms with van der Waals surface area (Å²) in [6.45, 7) is 6.31. The third-order valence-corrected chi connectivity index (χ3v) is 3.59. The van der Waals surface area contributed by atoms with Gasteiger partial charge in [0, 0.05) is 31.3 Å². The van der Waals surface area contributed by atoms with Crippen molar-refractivity contribution >= 4 is 17.5 Å². The number of amides is 2. The normalized spacial score (nSPS) is 10.2. The minimum Gasteiger partial charge on any atom is -0.350 e. The van der Waals surface area contributed by atoms with Gasteiger partial charge >= 0.3 is 0 Å². The molecule has 0 radical (unpaired) electrons. The van der Waals surface area contributed by atoms with Crippen LogP contribution in [0.15, 0.2) is 48.5 Å². The van der Waals surface area contributed by atoms with Gasteiger partial charge in [-0.05, 0) is 43.7 Å². The molecule has 0 bridgehead atoms. The van der Waals surface area contributed by atoms with Gasteiger partial charge in [-0.1, -0.05) is 29.8 Å². The van der Waals surface area contributed by atoms with E-state index in [1.54, 1.807) is 11.0 Å². The Kier molecular flexibility index (Phi) is 5.52. The molecule has 2 aromatic rings. The molecule has 120 valence electrons. The lowest BCUT2D eigenvalue weighted by atomic mass is 10.1. The summed E-state index contributed by atoms with van der Waals surface area (Å²) >= 11 is 0. The molecule has 2 amide bonds. The Morgan fingerprint density at radius 2 is 1.65 bits per heavy atom. The second kappa shape index (κ2) is 7.58. The van der Waals surface area contributed by atoms with Crippen molar-refractivity contribution in [3.05, 3.63) is 65.2 Å². The predicted octanol–water partition coefficient (Wildman–Crippen LogP) is 3.09. The largest absolute Gasteiger partial charge is 0.350 e. The van der Waals surface area contributed by atoms with Gasteiger partial charge in [0.1, 0.15) is 0 Å². The molecule has 0 saturated heterocycles. The van der Waals surface area contributed by atoms with Crippen molar-refractivity contribution in [1.29, 1.82) is 0 Å². The summed E-state index contributed by atoms with van der Waals surface area (Å²) in [6, 6.07) is 15.2. The number of rotatable bonds is 5. The zero-order valence-corrected chi connectivity index (χ0v) is 13.8. The van der Waals surface area contributed by atoms with Crippen LogP contribution in [0.3, 0.4) is 0 Å². The fourth-order valence-electron chi connectivity index (χ4n) is 2.43. The highest BCUT2D eigenvalue weighted by molar-refractivity contribution is 5.95. The van der Waals surface area contributed by atoms with E-state index in [1.807, 2.05) is 56.3 Å². The Labute approximate surface area is 137 Å². The summed E-state index contributed by atoms with van der Waals surface area (Å²) in [6.07, 6.45) is 0. The topological polar surface area (TPSA) is 49.4 Å². The maximum Gasteiger partial charge on any atom is 0.251 e. The molecule has 0 aliphatic carbocycles. The lowest BCUT2D eigenvalue weighted by Crippen LogP contribution is -2.37. The molecule has 0 aliphatic heterocycles. The SMILES string of the molecule is CC(=O)N(CCNC(=O)c1cccc(C)c1)c1cccc(C)c1. The Morgan fingerprint density at radius 3 is 2.26 bits per heavy atom. The first-order valence-electron chi connectivity index (χ1n) is 7.67. The summed E-state index contributed by atoms with van der Waals surface area (Å²) in [7, 11) is 0. The molecule has 0 atom stereocenters. The van der Waals surface area contributed by atoms with E-state index in [4.69, 9.17) is 0 Å². The molecule has 0 heterocycles. The number of benzene rings is 2. The number of carbonyl (C=O) groups is 2. The summed E-state index contributed by atoms with van der Waals surface area (Å²) in [4.78, 5) is 25.7. The van der Waals surface area contributed by atoms with Crippen molar-refractivity contribution in [2.45, 2.75) is 20.8 Å². The van der Waals surface area contributed by atoms with Crippen LogP contribution in [0.2, 0.25) is 0 Å². The van der Waals surface area contributed by atoms with E-state index >= 15 is 0 Å². The van der Waals surface area contributed by atoms with Crippen molar-refractivity contribution in [1.82, 2.24) is 5.32 Å². The van der Waals surface area contributed by atoms with Gasteiger partial charge in [-0.15, -0.1) is 0 Å². The first-order valence-corrected chi connectivity index (χ1v) is 7.67. The first kappa shape index (κ1) is 16.7. The van der Waals surface area contributed by atoms with E-state index in [-0.39, 0.29) is 11.8 Å². The number of anilines is 1. The molecule has 2 rings (SSSR count). The Bertz CT molecular complexity index is 710. The second-order valence-corrected chi connectivity index (χ2v) is 5.64. The number of nitrogens with one attached hydrogen (secondary N) is 1. The molecule has 0 unspecified atom stereocenters. The minimum atomic E-state index is -0.124. The number of nitrogens with zero attached hydrogens (tertiary/aromatic N) is 1. The number of aryl methyl sites for hydroxylation is 2. The van der Waals surface area contributed by atoms with Crippen LogP contribution in [-0.2, 0) is 4.79 Å². The van der Waals surface area contributed by atoms with E-state index in [9.17, 15) is 9.59 Å². The van der Waals surface area contributed by atoms with Crippen LogP contribution < -0.4 is 10.2 Å². The van der Waals surface area contributed by atoms with E-state index in [0.29, 0.717) is 18.7 Å². The number of hydrogen-bond acceptors (Lipinski definition) is 2. The predicted molar refractivity (Wildman–Crippen MR) is 92.7 cm³/mol. The summed E-state index contributed by atoms with van der Waals surface area (Å²) in [5.74, 6) is -0.165. The van der Waals surface area contributed by atoms with Gasteiger partial charge in [0.05, 0.1) is 0 Å². The van der Waals surface area contributed by atoms with E-state index in [2.05, 4.69) is 5.32 Å². The molecule has 1 N–H and O–H groups in total. The monoisotopic (exact) mass is 310 g/mol. The fourth-order valence-corrected chi connectivity index (χ4v) is 2.43. The smallest absolute Gasteiger partial charge is 0.251 e. The quantitative estimate of drug-likeness (QED) is 0.922. The van der Waals surface area contributed by atoms with E-state index in [1.165, 1.54) is 6.92 Å². The van der Waals surface area contributed by atoms with Crippen molar-refractivity contribution in [2.75, 3.05) is 18.0 Å². The van der Waals surface area contributed by atoms with Crippen LogP contribution in [0.25, 0.3) is 0 Å². The van der Waals surface area contributed by atoms with E-state index in [0.717, 1.165) is 16.8 Å². The van der Waals surface area contributed by atoms with Gasteiger partial charge < -0.3 is 10.2 Å². The molecule has 4 heteroatoms. The van der Waals surface area contributed by atoms with Crippen LogP contribution in [0.4, 0.5) is 5.69 Å². The first-order chi connectivity index (χ1) is 11.0. The standard InChI is InChI=1S/C19H22N2O2/c1-14-6-4-8-17(12-14)19(23)20-10-11-21(16(3)22)18-9-5-7-15(2)13-18/h4-9,12-13H,10-11H2,1-3H3,(H,20,23). The minimum absolute atomic E-state index is 0.0413. The van der Waals surface area contributed by atoms with Crippen LogP contribution in [0, 0.1) is 13.8 Å². The van der Waals surface area contributed by atoms with Crippen LogP contribution in [-0.4, -0.2) is 24.9 Å². The van der Waals surface area contributed by atoms with Crippen LogP contribution >= 0.6 is 0 Å². The molecule has 4 nitrogen and oxygen atoms in total. The molecule has 23 heavy (non-hydrogen) atoms. The van der Waals surface area contributed by atoms with E-state index < -0.39 is 0 Å². The van der Waals surface area contributed by atoms with Gasteiger partial charge in [-0.25, -0.2) is 0 Å². The van der Waals surface area contributed by atoms with Gasteiger partial charge in [0.2, 0.25) is 5.91 Å². The van der Waals surface area contributed by atoms with Gasteiger partial charge in [-0.3, -0.25) is 9.59 Å². The maximum atomic E-state index is 12.1. The highest BCUT2D eigenvalue weighted by atomic mass is 16.2. The molecule has 0 fully saturated rings. The maximum absolute atomic E-state index is 12.1. The third kappa shape index (κ3) is 4.68. The Balaban J connectivity index is 1.97. The number of carbonyl (C=O) groups excluding carboxylic acids is 2. The lowest BCUT2D eigenvalue weighted by molar-refractivity contribution is -0.116. The summed E-state index contributed by atoms with van der Waals surface area (Å²) in [5.41, 5.74) is 3.62. The Morgan fingerprint density at radius 1 is 1.00 bits per heavy atom. The second-order valence-electron chi connectivity index (χ2n) is 5.64. The highest BCUT2D eigenvalue weighted by Crippen LogP contribution is 2.15. The zero-order valence-electron chi connectivity index (χ0n) is 13.8. The zero-order chi connectivity index (χ0) is 16.8. The Hall–Kier alpha value is -2.62. The van der Waals surface area contributed by atoms with Crippen LogP contribution in [0.1, 0.15) is 28.4 Å². The lowest BCUT2D eigenvalue weighted by Gasteiger charge is -2.21. The van der Waals surface area contributed by atoms with Crippen molar-refractivity contribution in [2.24, 2.45) is 0 Å². The molecule has 0 aromatic heterocycles. The molecular weight excluding hydrogens is 288 g/mol. The van der Waals surface area contributed by atoms with Crippen LogP contribution in [0.5, 0.6) is 0 Å². The van der Waals surface area contributed by atoms with Crippen molar-refractivity contribution in [3.63, 3.8) is 0 Å². The fraction of sp³-hybridized carbons (Fsp3) is 0.263. The molecule has 0 aliphatic rings. The molecule has 0 spiro atoms. The molecule has 2 aromatic carbocycles. The van der Waals surface area contributed by atoms with Crippen molar-refractivity contribution < 1.29 is 9.59 Å².